The van der Waals surface area contributed by atoms with Gasteiger partial charge in [-0.1, -0.05) is 24.3 Å². The zero-order valence-corrected chi connectivity index (χ0v) is 14.0. The number of anilines is 2. The number of benzene rings is 2. The van der Waals surface area contributed by atoms with Gasteiger partial charge in [0.2, 0.25) is 11.8 Å². The van der Waals surface area contributed by atoms with Crippen LogP contribution in [0.25, 0.3) is 0 Å². The molecular formula is C19H17N3O4. The second-order valence-electron chi connectivity index (χ2n) is 5.91. The maximum Gasteiger partial charge on any atom is 0.338 e. The lowest BCUT2D eigenvalue weighted by Crippen LogP contribution is -2.38. The summed E-state index contributed by atoms with van der Waals surface area (Å²) in [6.45, 7) is 1.61. The SMILES string of the molecule is CC(=N)C(C(=O)Nc1ccccc1)C(=O)Nc1ccc2c(c1)C(=O)OC2. The molecule has 0 saturated carbocycles. The van der Waals surface area contributed by atoms with Crippen LogP contribution in [0.3, 0.4) is 0 Å². The number of carbonyl (C=O) groups is 3. The van der Waals surface area contributed by atoms with Crippen molar-refractivity contribution in [1.82, 2.24) is 0 Å². The molecule has 0 aliphatic carbocycles. The van der Waals surface area contributed by atoms with E-state index in [0.717, 1.165) is 5.56 Å². The predicted molar refractivity (Wildman–Crippen MR) is 96.2 cm³/mol. The molecule has 3 N–H and O–H groups in total. The summed E-state index contributed by atoms with van der Waals surface area (Å²) in [4.78, 5) is 36.6. The summed E-state index contributed by atoms with van der Waals surface area (Å²) >= 11 is 0. The van der Waals surface area contributed by atoms with Crippen molar-refractivity contribution in [2.75, 3.05) is 10.6 Å². The van der Waals surface area contributed by atoms with Crippen LogP contribution >= 0.6 is 0 Å². The molecule has 0 fully saturated rings. The average molecular weight is 351 g/mol. The van der Waals surface area contributed by atoms with E-state index in [1.54, 1.807) is 42.5 Å². The molecule has 0 radical (unpaired) electrons. The fourth-order valence-corrected chi connectivity index (χ4v) is 2.65. The van der Waals surface area contributed by atoms with E-state index in [1.807, 2.05) is 0 Å². The number of fused-ring (bicyclic) bond motifs is 1. The Hall–Kier alpha value is -3.48. The van der Waals surface area contributed by atoms with Crippen molar-refractivity contribution >= 4 is 34.9 Å². The van der Waals surface area contributed by atoms with Crippen molar-refractivity contribution in [3.05, 3.63) is 59.7 Å². The van der Waals surface area contributed by atoms with Gasteiger partial charge in [0.1, 0.15) is 6.61 Å². The Morgan fingerprint density at radius 2 is 1.69 bits per heavy atom. The summed E-state index contributed by atoms with van der Waals surface area (Å²) in [6.07, 6.45) is 0. The van der Waals surface area contributed by atoms with Gasteiger partial charge in [-0.2, -0.15) is 0 Å². The lowest BCUT2D eigenvalue weighted by Gasteiger charge is -2.16. The Labute approximate surface area is 149 Å². The number of amides is 2. The molecule has 7 heteroatoms. The van der Waals surface area contributed by atoms with Crippen molar-refractivity contribution < 1.29 is 19.1 Å². The molecule has 2 amide bonds. The second-order valence-corrected chi connectivity index (χ2v) is 5.91. The number of rotatable bonds is 5. The monoisotopic (exact) mass is 351 g/mol. The lowest BCUT2D eigenvalue weighted by molar-refractivity contribution is -0.126. The van der Waals surface area contributed by atoms with Crippen LogP contribution in [0.15, 0.2) is 48.5 Å². The fourth-order valence-electron chi connectivity index (χ4n) is 2.65. The van der Waals surface area contributed by atoms with Crippen molar-refractivity contribution in [3.63, 3.8) is 0 Å². The predicted octanol–water partition coefficient (Wildman–Crippen LogP) is 2.59. The van der Waals surface area contributed by atoms with Gasteiger partial charge < -0.3 is 20.8 Å². The Bertz CT molecular complexity index is 893. The Kier molecular flexibility index (Phi) is 4.79. The summed E-state index contributed by atoms with van der Waals surface area (Å²) < 4.78 is 4.92. The van der Waals surface area contributed by atoms with Crippen molar-refractivity contribution in [2.45, 2.75) is 13.5 Å². The van der Waals surface area contributed by atoms with Crippen LogP contribution < -0.4 is 10.6 Å². The fraction of sp³-hybridized carbons (Fsp3) is 0.158. The normalized spacial score (nSPS) is 13.3. The van der Waals surface area contributed by atoms with Crippen molar-refractivity contribution in [3.8, 4) is 0 Å². The van der Waals surface area contributed by atoms with Crippen LogP contribution in [0.1, 0.15) is 22.8 Å². The topological polar surface area (TPSA) is 108 Å². The van der Waals surface area contributed by atoms with Crippen molar-refractivity contribution in [1.29, 1.82) is 5.41 Å². The molecule has 3 rings (SSSR count). The molecule has 1 aliphatic rings. The van der Waals surface area contributed by atoms with Gasteiger partial charge in [-0.25, -0.2) is 4.79 Å². The molecule has 0 bridgehead atoms. The minimum absolute atomic E-state index is 0.0866. The maximum atomic E-state index is 12.5. The largest absolute Gasteiger partial charge is 0.457 e. The first-order valence-electron chi connectivity index (χ1n) is 7.97. The standard InChI is InChI=1S/C19H17N3O4/c1-11(20)16(17(23)21-13-5-3-2-4-6-13)18(24)22-14-8-7-12-10-26-19(25)15(12)9-14/h2-9,16,20H,10H2,1H3,(H,21,23)(H,22,24). The molecular weight excluding hydrogens is 334 g/mol. The highest BCUT2D eigenvalue weighted by molar-refractivity contribution is 6.24. The molecule has 1 atom stereocenters. The zero-order valence-electron chi connectivity index (χ0n) is 14.0. The zero-order chi connectivity index (χ0) is 18.7. The van der Waals surface area contributed by atoms with Crippen molar-refractivity contribution in [2.24, 2.45) is 5.92 Å². The third-order valence-corrected chi connectivity index (χ3v) is 3.95. The quantitative estimate of drug-likeness (QED) is 0.437. The van der Waals surface area contributed by atoms with E-state index in [2.05, 4.69) is 10.6 Å². The van der Waals surface area contributed by atoms with E-state index in [9.17, 15) is 14.4 Å². The third-order valence-electron chi connectivity index (χ3n) is 3.95. The first kappa shape index (κ1) is 17.3. The molecule has 26 heavy (non-hydrogen) atoms. The van der Waals surface area contributed by atoms with Crippen LogP contribution in [0.2, 0.25) is 0 Å². The van der Waals surface area contributed by atoms with Gasteiger partial charge in [0.25, 0.3) is 0 Å². The Morgan fingerprint density at radius 1 is 1.04 bits per heavy atom. The molecule has 2 aromatic rings. The van der Waals surface area contributed by atoms with Crippen LogP contribution in [-0.4, -0.2) is 23.5 Å². The number of cyclic esters (lactones) is 1. The number of nitrogens with one attached hydrogen (secondary N) is 3. The highest BCUT2D eigenvalue weighted by Gasteiger charge is 2.29. The smallest absolute Gasteiger partial charge is 0.338 e. The first-order valence-corrected chi connectivity index (χ1v) is 7.97. The number of ether oxygens (including phenoxy) is 1. The van der Waals surface area contributed by atoms with Crippen LogP contribution in [0, 0.1) is 11.3 Å². The molecule has 0 aromatic heterocycles. The molecule has 1 aliphatic heterocycles. The molecule has 0 spiro atoms. The number of hydrogen-bond donors (Lipinski definition) is 3. The highest BCUT2D eigenvalue weighted by atomic mass is 16.5. The van der Waals surface area contributed by atoms with Crippen LogP contribution in [0.4, 0.5) is 11.4 Å². The average Bonchev–Trinajstić information content (AvgIpc) is 2.96. The third kappa shape index (κ3) is 3.61. The lowest BCUT2D eigenvalue weighted by atomic mass is 10.0. The van der Waals surface area contributed by atoms with Gasteiger partial charge in [-0.15, -0.1) is 0 Å². The van der Waals surface area contributed by atoms with Gasteiger partial charge in [-0.05, 0) is 31.2 Å². The number of hydrogen-bond acceptors (Lipinski definition) is 5. The number of esters is 1. The minimum Gasteiger partial charge on any atom is -0.457 e. The summed E-state index contributed by atoms with van der Waals surface area (Å²) in [7, 11) is 0. The second kappa shape index (κ2) is 7.18. The van der Waals surface area contributed by atoms with Gasteiger partial charge in [0.05, 0.1) is 5.56 Å². The highest BCUT2D eigenvalue weighted by Crippen LogP contribution is 2.23. The molecule has 132 valence electrons. The van der Waals surface area contributed by atoms with E-state index in [4.69, 9.17) is 10.1 Å². The van der Waals surface area contributed by atoms with E-state index < -0.39 is 23.7 Å². The summed E-state index contributed by atoms with van der Waals surface area (Å²) in [6, 6.07) is 13.5. The minimum atomic E-state index is -1.28. The van der Waals surface area contributed by atoms with Crippen LogP contribution in [-0.2, 0) is 20.9 Å². The number of para-hydroxylation sites is 1. The van der Waals surface area contributed by atoms with Gasteiger partial charge >= 0.3 is 5.97 Å². The van der Waals surface area contributed by atoms with E-state index >= 15 is 0 Å². The van der Waals surface area contributed by atoms with Gasteiger partial charge in [-0.3, -0.25) is 9.59 Å². The number of carbonyl (C=O) groups excluding carboxylic acids is 3. The summed E-state index contributed by atoms with van der Waals surface area (Å²) in [5, 5.41) is 13.0. The van der Waals surface area contributed by atoms with E-state index in [0.29, 0.717) is 16.9 Å². The van der Waals surface area contributed by atoms with E-state index in [-0.39, 0.29) is 12.3 Å². The van der Waals surface area contributed by atoms with E-state index in [1.165, 1.54) is 13.0 Å². The summed E-state index contributed by atoms with van der Waals surface area (Å²) in [5.74, 6) is -2.97. The molecule has 1 heterocycles. The van der Waals surface area contributed by atoms with Crippen LogP contribution in [0.5, 0.6) is 0 Å². The summed E-state index contributed by atoms with van der Waals surface area (Å²) in [5.41, 5.74) is 1.95. The molecule has 7 nitrogen and oxygen atoms in total. The Balaban J connectivity index is 1.75. The molecule has 1 unspecified atom stereocenters. The first-order chi connectivity index (χ1) is 12.5. The maximum absolute atomic E-state index is 12.5. The molecule has 0 saturated heterocycles. The Morgan fingerprint density at radius 3 is 2.35 bits per heavy atom. The molecule has 2 aromatic carbocycles. The van der Waals surface area contributed by atoms with Gasteiger partial charge in [0, 0.05) is 22.6 Å². The van der Waals surface area contributed by atoms with Gasteiger partial charge in [0.15, 0.2) is 5.92 Å².